The number of fused-ring (bicyclic) bond motifs is 3. The number of alkyl halides is 3. The number of halogens is 3. The Morgan fingerprint density at radius 2 is 1.68 bits per heavy atom. The van der Waals surface area contributed by atoms with Gasteiger partial charge in [0.25, 0.3) is 0 Å². The Bertz CT molecular complexity index is 1290. The fraction of sp³-hybridized carbons (Fsp3) is 0.778. The fourth-order valence-electron chi connectivity index (χ4n) is 8.68. The monoisotopic (exact) mass is 618 g/mol. The molecule has 0 aromatic rings. The van der Waals surface area contributed by atoms with E-state index in [-0.39, 0.29) is 40.8 Å². The highest BCUT2D eigenvalue weighted by atomic mass is 19.4. The molecule has 0 heterocycles. The van der Waals surface area contributed by atoms with Crippen LogP contribution in [0.25, 0.3) is 0 Å². The van der Waals surface area contributed by atoms with E-state index in [4.69, 9.17) is 0 Å². The maximum Gasteiger partial charge on any atom is 0.405 e. The number of carbonyl (C=O) groups is 3. The SMILES string of the molecule is CCC(C)(C)CC[C@@](C)(CC[C@]1(C)C(C)C(=O)C=C2[C@@]3(C)C=C(C#N)C(=O)C(C)(C)[C@@H]3CC[C@]21C)CC(=O)NCC(F)(F)F. The van der Waals surface area contributed by atoms with Crippen LogP contribution in [0.1, 0.15) is 121 Å². The number of hydrogen-bond acceptors (Lipinski definition) is 4. The smallest absolute Gasteiger partial charge is 0.347 e. The summed E-state index contributed by atoms with van der Waals surface area (Å²) < 4.78 is 38.7. The van der Waals surface area contributed by atoms with Crippen molar-refractivity contribution in [3.05, 3.63) is 23.3 Å². The van der Waals surface area contributed by atoms with Crippen LogP contribution in [0.5, 0.6) is 0 Å². The Labute approximate surface area is 262 Å². The Morgan fingerprint density at radius 3 is 2.23 bits per heavy atom. The molecular formula is C36H53F3N2O3. The molecule has 1 saturated carbocycles. The average Bonchev–Trinajstić information content (AvgIpc) is 2.92. The van der Waals surface area contributed by atoms with Crippen molar-refractivity contribution in [3.63, 3.8) is 0 Å². The number of nitrogens with zero attached hydrogens (tertiary/aromatic N) is 1. The van der Waals surface area contributed by atoms with Crippen molar-refractivity contribution >= 4 is 17.5 Å². The molecule has 0 aromatic heterocycles. The molecule has 8 heteroatoms. The van der Waals surface area contributed by atoms with Gasteiger partial charge in [-0.05, 0) is 72.2 Å². The number of allylic oxidation sites excluding steroid dienone is 4. The number of hydrogen-bond donors (Lipinski definition) is 1. The van der Waals surface area contributed by atoms with E-state index in [1.807, 2.05) is 27.7 Å². The van der Waals surface area contributed by atoms with E-state index in [9.17, 15) is 32.8 Å². The molecule has 5 nitrogen and oxygen atoms in total. The molecule has 6 atom stereocenters. The molecule has 246 valence electrons. The van der Waals surface area contributed by atoms with Crippen molar-refractivity contribution in [1.29, 1.82) is 5.26 Å². The third-order valence-corrected chi connectivity index (χ3v) is 12.7. The third kappa shape index (κ3) is 6.44. The molecule has 0 radical (unpaired) electrons. The first-order chi connectivity index (χ1) is 19.9. The van der Waals surface area contributed by atoms with E-state index in [1.165, 1.54) is 0 Å². The second-order valence-electron chi connectivity index (χ2n) is 16.4. The van der Waals surface area contributed by atoms with Gasteiger partial charge in [-0.1, -0.05) is 87.3 Å². The van der Waals surface area contributed by atoms with Gasteiger partial charge < -0.3 is 5.32 Å². The number of ketones is 2. The van der Waals surface area contributed by atoms with E-state index in [0.29, 0.717) is 19.3 Å². The normalized spacial score (nSPS) is 33.3. The van der Waals surface area contributed by atoms with Crippen molar-refractivity contribution in [3.8, 4) is 6.07 Å². The Kier molecular flexibility index (Phi) is 9.61. The lowest BCUT2D eigenvalue weighted by molar-refractivity contribution is -0.140. The quantitative estimate of drug-likeness (QED) is 0.265. The molecule has 44 heavy (non-hydrogen) atoms. The summed E-state index contributed by atoms with van der Waals surface area (Å²) in [6, 6.07) is 2.12. The number of nitrogens with one attached hydrogen (secondary N) is 1. The third-order valence-electron chi connectivity index (χ3n) is 12.7. The molecule has 1 amide bonds. The zero-order valence-electron chi connectivity index (χ0n) is 28.5. The standard InChI is InChI=1S/C36H53F3N2O3/c1-11-30(3,4)14-15-32(7,20-28(43)41-22-36(37,38)39)16-17-34(9)23(2)25(42)18-27-33(8)19-24(21-40)29(44)31(5,6)26(33)12-13-35(27,34)10/h18-19,23,26H,11-17,20,22H2,1-10H3,(H,41,43)/t23?,26-,32-,33-,34+,35+/m0/s1. The van der Waals surface area contributed by atoms with Gasteiger partial charge in [-0.15, -0.1) is 0 Å². The fourth-order valence-corrected chi connectivity index (χ4v) is 8.68. The number of rotatable bonds is 10. The second-order valence-corrected chi connectivity index (χ2v) is 16.4. The first-order valence-corrected chi connectivity index (χ1v) is 16.2. The van der Waals surface area contributed by atoms with Gasteiger partial charge in [-0.3, -0.25) is 14.4 Å². The van der Waals surface area contributed by atoms with Gasteiger partial charge in [0.05, 0.1) is 5.57 Å². The maximum atomic E-state index is 13.8. The molecule has 1 unspecified atom stereocenters. The topological polar surface area (TPSA) is 87.0 Å². The van der Waals surface area contributed by atoms with E-state index in [2.05, 4.69) is 52.9 Å². The van der Waals surface area contributed by atoms with Crippen molar-refractivity contribution in [2.45, 2.75) is 127 Å². The zero-order chi connectivity index (χ0) is 33.7. The Hall–Kier alpha value is -2.43. The molecule has 0 saturated heterocycles. The molecular weight excluding hydrogens is 565 g/mol. The van der Waals surface area contributed by atoms with Crippen LogP contribution in [0.4, 0.5) is 13.2 Å². The minimum absolute atomic E-state index is 0.0141. The van der Waals surface area contributed by atoms with Crippen LogP contribution in [0.15, 0.2) is 23.3 Å². The van der Waals surface area contributed by atoms with E-state index < -0.39 is 45.7 Å². The van der Waals surface area contributed by atoms with Crippen LogP contribution in [0, 0.1) is 55.7 Å². The summed E-state index contributed by atoms with van der Waals surface area (Å²) in [6.07, 6.45) is 4.24. The van der Waals surface area contributed by atoms with Crippen molar-refractivity contribution in [1.82, 2.24) is 5.32 Å². The summed E-state index contributed by atoms with van der Waals surface area (Å²) in [6.45, 7) is 19.3. The van der Waals surface area contributed by atoms with Crippen LogP contribution < -0.4 is 5.32 Å². The van der Waals surface area contributed by atoms with E-state index in [0.717, 1.165) is 31.3 Å². The molecule has 1 N–H and O–H groups in total. The Balaban J connectivity index is 2.02. The lowest BCUT2D eigenvalue weighted by Crippen LogP contribution is -2.59. The summed E-state index contributed by atoms with van der Waals surface area (Å²) in [7, 11) is 0. The van der Waals surface area contributed by atoms with Crippen molar-refractivity contribution in [2.24, 2.45) is 44.3 Å². The second kappa shape index (κ2) is 11.7. The zero-order valence-corrected chi connectivity index (χ0v) is 28.5. The van der Waals surface area contributed by atoms with Gasteiger partial charge in [-0.2, -0.15) is 18.4 Å². The first kappa shape index (κ1) is 36.0. The lowest BCUT2D eigenvalue weighted by Gasteiger charge is -2.64. The number of amides is 1. The Morgan fingerprint density at radius 1 is 1.07 bits per heavy atom. The van der Waals surface area contributed by atoms with Crippen LogP contribution in [-0.4, -0.2) is 30.2 Å². The predicted octanol–water partition coefficient (Wildman–Crippen LogP) is 8.69. The average molecular weight is 619 g/mol. The highest BCUT2D eigenvalue weighted by molar-refractivity contribution is 6.04. The first-order valence-electron chi connectivity index (χ1n) is 16.2. The van der Waals surface area contributed by atoms with Crippen LogP contribution >= 0.6 is 0 Å². The summed E-state index contributed by atoms with van der Waals surface area (Å²) in [5.41, 5.74) is -1.79. The molecule has 0 aliphatic heterocycles. The molecule has 3 aliphatic carbocycles. The minimum atomic E-state index is -4.48. The minimum Gasteiger partial charge on any atom is -0.347 e. The summed E-state index contributed by atoms with van der Waals surface area (Å²) in [4.78, 5) is 39.9. The van der Waals surface area contributed by atoms with Gasteiger partial charge >= 0.3 is 6.18 Å². The number of carbonyl (C=O) groups excluding carboxylic acids is 3. The largest absolute Gasteiger partial charge is 0.405 e. The van der Waals surface area contributed by atoms with Crippen LogP contribution in [0.2, 0.25) is 0 Å². The predicted molar refractivity (Wildman–Crippen MR) is 166 cm³/mol. The summed E-state index contributed by atoms with van der Waals surface area (Å²) in [5, 5.41) is 12.0. The van der Waals surface area contributed by atoms with Gasteiger partial charge in [-0.25, -0.2) is 0 Å². The molecule has 3 aliphatic rings. The van der Waals surface area contributed by atoms with Gasteiger partial charge in [0.2, 0.25) is 5.91 Å². The van der Waals surface area contributed by atoms with Crippen molar-refractivity contribution < 1.29 is 27.6 Å². The van der Waals surface area contributed by atoms with Gasteiger partial charge in [0, 0.05) is 23.2 Å². The molecule has 0 aromatic carbocycles. The highest BCUT2D eigenvalue weighted by Gasteiger charge is 2.64. The molecule has 0 bridgehead atoms. The van der Waals surface area contributed by atoms with Gasteiger partial charge in [0.15, 0.2) is 11.6 Å². The molecule has 0 spiro atoms. The van der Waals surface area contributed by atoms with Gasteiger partial charge in [0.1, 0.15) is 12.6 Å². The molecule has 1 fully saturated rings. The van der Waals surface area contributed by atoms with Crippen LogP contribution in [-0.2, 0) is 14.4 Å². The number of Topliss-reactive ketones (excluding diaryl/α,β-unsaturated/α-hetero) is 1. The molecule has 3 rings (SSSR count). The van der Waals surface area contributed by atoms with Crippen molar-refractivity contribution in [2.75, 3.05) is 6.54 Å². The maximum absolute atomic E-state index is 13.8. The highest BCUT2D eigenvalue weighted by Crippen LogP contribution is 2.70. The lowest BCUT2D eigenvalue weighted by atomic mass is 9.39. The van der Waals surface area contributed by atoms with E-state index in [1.54, 1.807) is 12.2 Å². The summed E-state index contributed by atoms with van der Waals surface area (Å²) in [5.74, 6) is -1.13. The summed E-state index contributed by atoms with van der Waals surface area (Å²) >= 11 is 0. The van der Waals surface area contributed by atoms with E-state index >= 15 is 0 Å². The number of nitriles is 1. The van der Waals surface area contributed by atoms with Crippen LogP contribution in [0.3, 0.4) is 0 Å².